The Morgan fingerprint density at radius 3 is 3.00 bits per heavy atom. The SMILES string of the molecule is COc1cc(CCc2ccn[nH]2)c(F)cn1. The van der Waals surface area contributed by atoms with Crippen molar-refractivity contribution in [2.45, 2.75) is 12.8 Å². The molecule has 0 bridgehead atoms. The number of nitrogens with one attached hydrogen (secondary N) is 1. The molecule has 5 heteroatoms. The number of rotatable bonds is 4. The monoisotopic (exact) mass is 221 g/mol. The van der Waals surface area contributed by atoms with E-state index in [1.54, 1.807) is 12.3 Å². The lowest BCUT2D eigenvalue weighted by atomic mass is 10.1. The molecule has 2 aromatic heterocycles. The highest BCUT2D eigenvalue weighted by molar-refractivity contribution is 5.23. The largest absolute Gasteiger partial charge is 0.481 e. The quantitative estimate of drug-likeness (QED) is 0.855. The van der Waals surface area contributed by atoms with Crippen LogP contribution in [-0.2, 0) is 12.8 Å². The summed E-state index contributed by atoms with van der Waals surface area (Å²) in [6.45, 7) is 0. The van der Waals surface area contributed by atoms with Crippen LogP contribution in [0.25, 0.3) is 0 Å². The summed E-state index contributed by atoms with van der Waals surface area (Å²) in [5, 5.41) is 6.67. The van der Waals surface area contributed by atoms with Gasteiger partial charge in [0.15, 0.2) is 0 Å². The number of halogens is 1. The van der Waals surface area contributed by atoms with E-state index in [9.17, 15) is 4.39 Å². The van der Waals surface area contributed by atoms with Crippen molar-refractivity contribution in [3.05, 3.63) is 41.6 Å². The molecule has 0 spiro atoms. The molecule has 0 aliphatic heterocycles. The van der Waals surface area contributed by atoms with Crippen LogP contribution >= 0.6 is 0 Å². The number of pyridine rings is 1. The number of ether oxygens (including phenoxy) is 1. The number of H-pyrrole nitrogens is 1. The Kier molecular flexibility index (Phi) is 3.14. The molecule has 16 heavy (non-hydrogen) atoms. The number of aromatic amines is 1. The van der Waals surface area contributed by atoms with Crippen molar-refractivity contribution in [1.82, 2.24) is 15.2 Å². The first-order valence-electron chi connectivity index (χ1n) is 4.96. The molecule has 0 unspecified atom stereocenters. The number of hydrogen-bond acceptors (Lipinski definition) is 3. The van der Waals surface area contributed by atoms with E-state index in [1.165, 1.54) is 13.3 Å². The first-order valence-corrected chi connectivity index (χ1v) is 4.96. The van der Waals surface area contributed by atoms with Crippen LogP contribution in [0.2, 0.25) is 0 Å². The van der Waals surface area contributed by atoms with E-state index in [0.717, 1.165) is 5.69 Å². The highest BCUT2D eigenvalue weighted by Crippen LogP contribution is 2.14. The minimum absolute atomic E-state index is 0.305. The molecule has 0 amide bonds. The summed E-state index contributed by atoms with van der Waals surface area (Å²) in [6, 6.07) is 3.49. The molecule has 0 saturated carbocycles. The number of aromatic nitrogens is 3. The standard InChI is InChI=1S/C11H12FN3O/c1-16-11-6-8(10(12)7-13-11)2-3-9-4-5-14-15-9/h4-7H,2-3H2,1H3,(H,14,15). The predicted octanol–water partition coefficient (Wildman–Crippen LogP) is 1.74. The second-order valence-electron chi connectivity index (χ2n) is 3.40. The van der Waals surface area contributed by atoms with Crippen LogP contribution in [0.15, 0.2) is 24.5 Å². The third-order valence-corrected chi connectivity index (χ3v) is 2.34. The summed E-state index contributed by atoms with van der Waals surface area (Å²) in [7, 11) is 1.51. The first-order chi connectivity index (χ1) is 7.79. The Bertz CT molecular complexity index is 456. The zero-order valence-corrected chi connectivity index (χ0v) is 8.90. The van der Waals surface area contributed by atoms with Crippen LogP contribution in [0, 0.1) is 5.82 Å². The van der Waals surface area contributed by atoms with Crippen LogP contribution in [0.4, 0.5) is 4.39 Å². The highest BCUT2D eigenvalue weighted by Gasteiger charge is 2.06. The van der Waals surface area contributed by atoms with Gasteiger partial charge < -0.3 is 4.74 Å². The molecule has 4 nitrogen and oxygen atoms in total. The number of nitrogens with zero attached hydrogens (tertiary/aromatic N) is 2. The van der Waals surface area contributed by atoms with Crippen molar-refractivity contribution in [2.75, 3.05) is 7.11 Å². The maximum Gasteiger partial charge on any atom is 0.213 e. The molecule has 0 aliphatic carbocycles. The molecule has 0 fully saturated rings. The molecule has 1 N–H and O–H groups in total. The molecule has 2 rings (SSSR count). The van der Waals surface area contributed by atoms with Crippen LogP contribution < -0.4 is 4.74 Å². The van der Waals surface area contributed by atoms with Gasteiger partial charge in [-0.15, -0.1) is 0 Å². The lowest BCUT2D eigenvalue weighted by Crippen LogP contribution is -1.98. The third-order valence-electron chi connectivity index (χ3n) is 2.34. The Labute approximate surface area is 92.5 Å². The van der Waals surface area contributed by atoms with Gasteiger partial charge in [0.2, 0.25) is 5.88 Å². The average molecular weight is 221 g/mol. The second-order valence-corrected chi connectivity index (χ2v) is 3.40. The van der Waals surface area contributed by atoms with Crippen LogP contribution in [0.1, 0.15) is 11.3 Å². The Morgan fingerprint density at radius 1 is 1.44 bits per heavy atom. The lowest BCUT2D eigenvalue weighted by Gasteiger charge is -2.04. The molecule has 0 radical (unpaired) electrons. The summed E-state index contributed by atoms with van der Waals surface area (Å²) in [5.41, 5.74) is 1.58. The van der Waals surface area contributed by atoms with Crippen molar-refractivity contribution in [1.29, 1.82) is 0 Å². The minimum atomic E-state index is -0.305. The van der Waals surface area contributed by atoms with E-state index in [0.29, 0.717) is 24.3 Å². The zero-order valence-electron chi connectivity index (χ0n) is 8.90. The smallest absolute Gasteiger partial charge is 0.213 e. The van der Waals surface area contributed by atoms with Gasteiger partial charge in [0.1, 0.15) is 5.82 Å². The Balaban J connectivity index is 2.08. The highest BCUT2D eigenvalue weighted by atomic mass is 19.1. The van der Waals surface area contributed by atoms with Gasteiger partial charge in [0, 0.05) is 18.0 Å². The van der Waals surface area contributed by atoms with Crippen LogP contribution in [0.5, 0.6) is 5.88 Å². The van der Waals surface area contributed by atoms with Crippen molar-refractivity contribution in [3.63, 3.8) is 0 Å². The van der Waals surface area contributed by atoms with Gasteiger partial charge in [-0.2, -0.15) is 5.10 Å². The molecule has 2 aromatic rings. The van der Waals surface area contributed by atoms with Gasteiger partial charge in [-0.3, -0.25) is 5.10 Å². The molecule has 0 atom stereocenters. The topological polar surface area (TPSA) is 50.8 Å². The Hall–Kier alpha value is -1.91. The number of methoxy groups -OCH3 is 1. The summed E-state index contributed by atoms with van der Waals surface area (Å²) in [4.78, 5) is 3.79. The second kappa shape index (κ2) is 4.74. The third kappa shape index (κ3) is 2.36. The maximum atomic E-state index is 13.4. The van der Waals surface area contributed by atoms with Crippen LogP contribution in [-0.4, -0.2) is 22.3 Å². The van der Waals surface area contributed by atoms with Gasteiger partial charge >= 0.3 is 0 Å². The van der Waals surface area contributed by atoms with E-state index >= 15 is 0 Å². The minimum Gasteiger partial charge on any atom is -0.481 e. The molecular formula is C11H12FN3O. The van der Waals surface area contributed by atoms with Gasteiger partial charge in [-0.05, 0) is 24.5 Å². The normalized spacial score (nSPS) is 10.4. The first kappa shape index (κ1) is 10.6. The molecular weight excluding hydrogens is 209 g/mol. The fourth-order valence-corrected chi connectivity index (χ4v) is 1.45. The van der Waals surface area contributed by atoms with Gasteiger partial charge in [-0.1, -0.05) is 0 Å². The van der Waals surface area contributed by atoms with Crippen LogP contribution in [0.3, 0.4) is 0 Å². The maximum absolute atomic E-state index is 13.4. The summed E-state index contributed by atoms with van der Waals surface area (Å²) in [6.07, 6.45) is 4.16. The summed E-state index contributed by atoms with van der Waals surface area (Å²) in [5.74, 6) is 0.126. The van der Waals surface area contributed by atoms with E-state index < -0.39 is 0 Å². The predicted molar refractivity (Wildman–Crippen MR) is 56.7 cm³/mol. The molecule has 2 heterocycles. The summed E-state index contributed by atoms with van der Waals surface area (Å²) >= 11 is 0. The van der Waals surface area contributed by atoms with E-state index in [2.05, 4.69) is 15.2 Å². The number of hydrogen-bond donors (Lipinski definition) is 1. The van der Waals surface area contributed by atoms with Gasteiger partial charge in [-0.25, -0.2) is 9.37 Å². The van der Waals surface area contributed by atoms with E-state index in [4.69, 9.17) is 4.74 Å². The molecule has 84 valence electrons. The van der Waals surface area contributed by atoms with E-state index in [1.807, 2.05) is 6.07 Å². The van der Waals surface area contributed by atoms with Crippen molar-refractivity contribution in [3.8, 4) is 5.88 Å². The molecule has 0 aromatic carbocycles. The Morgan fingerprint density at radius 2 is 2.31 bits per heavy atom. The van der Waals surface area contributed by atoms with Crippen molar-refractivity contribution in [2.24, 2.45) is 0 Å². The van der Waals surface area contributed by atoms with E-state index in [-0.39, 0.29) is 5.82 Å². The lowest BCUT2D eigenvalue weighted by molar-refractivity contribution is 0.394. The van der Waals surface area contributed by atoms with Gasteiger partial charge in [0.25, 0.3) is 0 Å². The average Bonchev–Trinajstić information content (AvgIpc) is 2.81. The van der Waals surface area contributed by atoms with Crippen molar-refractivity contribution >= 4 is 0 Å². The van der Waals surface area contributed by atoms with Gasteiger partial charge in [0.05, 0.1) is 13.3 Å². The van der Waals surface area contributed by atoms with Crippen molar-refractivity contribution < 1.29 is 9.13 Å². The summed E-state index contributed by atoms with van der Waals surface area (Å²) < 4.78 is 18.3. The molecule has 0 saturated heterocycles. The fourth-order valence-electron chi connectivity index (χ4n) is 1.45. The zero-order chi connectivity index (χ0) is 11.4. The number of aryl methyl sites for hydroxylation is 2. The fraction of sp³-hybridized carbons (Fsp3) is 0.273. The molecule has 0 aliphatic rings.